The van der Waals surface area contributed by atoms with Crippen LogP contribution in [0.5, 0.6) is 5.75 Å². The van der Waals surface area contributed by atoms with Gasteiger partial charge in [0.05, 0.1) is 12.7 Å². The molecule has 0 unspecified atom stereocenters. The SMILES string of the molecule is COc1c([C@H]2[C@H](C(=O)Nc3cc(F)nc(C(C)=O)c3)OC(C)(C)[C@H]2C)ccc(F)c1F. The quantitative estimate of drug-likeness (QED) is 0.560. The predicted octanol–water partition coefficient (Wildman–Crippen LogP) is 4.25. The number of nitrogens with zero attached hydrogens (tertiary/aromatic N) is 1. The van der Waals surface area contributed by atoms with E-state index in [0.717, 1.165) is 12.1 Å². The first-order valence-electron chi connectivity index (χ1n) is 9.65. The van der Waals surface area contributed by atoms with Crippen LogP contribution in [0.4, 0.5) is 18.9 Å². The molecule has 1 aromatic carbocycles. The molecule has 0 radical (unpaired) electrons. The molecule has 3 rings (SSSR count). The molecule has 31 heavy (non-hydrogen) atoms. The molecule has 1 fully saturated rings. The van der Waals surface area contributed by atoms with Gasteiger partial charge >= 0.3 is 0 Å². The number of Topliss-reactive ketones (excluding diaryl/α,β-unsaturated/α-hetero) is 1. The van der Waals surface area contributed by atoms with Gasteiger partial charge in [0.15, 0.2) is 17.3 Å². The van der Waals surface area contributed by atoms with Crippen LogP contribution in [0.25, 0.3) is 0 Å². The number of anilines is 1. The van der Waals surface area contributed by atoms with Crippen LogP contribution >= 0.6 is 0 Å². The van der Waals surface area contributed by atoms with E-state index in [2.05, 4.69) is 10.3 Å². The second kappa shape index (κ2) is 8.30. The first-order valence-corrected chi connectivity index (χ1v) is 9.65. The van der Waals surface area contributed by atoms with Crippen LogP contribution in [0, 0.1) is 23.5 Å². The topological polar surface area (TPSA) is 77.5 Å². The summed E-state index contributed by atoms with van der Waals surface area (Å²) in [6.07, 6.45) is -1.11. The summed E-state index contributed by atoms with van der Waals surface area (Å²) in [6, 6.07) is 4.56. The van der Waals surface area contributed by atoms with Gasteiger partial charge in [0, 0.05) is 30.2 Å². The van der Waals surface area contributed by atoms with Crippen molar-refractivity contribution in [3.63, 3.8) is 0 Å². The molecule has 0 bridgehead atoms. The van der Waals surface area contributed by atoms with Gasteiger partial charge in [-0.1, -0.05) is 13.0 Å². The number of hydrogen-bond donors (Lipinski definition) is 1. The van der Waals surface area contributed by atoms with Crippen LogP contribution in [0.1, 0.15) is 49.7 Å². The van der Waals surface area contributed by atoms with E-state index in [1.807, 2.05) is 6.92 Å². The first-order chi connectivity index (χ1) is 14.5. The van der Waals surface area contributed by atoms with Crippen molar-refractivity contribution < 1.29 is 32.2 Å². The Balaban J connectivity index is 2.00. The molecule has 6 nitrogen and oxygen atoms in total. The summed E-state index contributed by atoms with van der Waals surface area (Å²) in [6.45, 7) is 6.62. The molecular weight excluding hydrogens is 413 g/mol. The third-order valence-electron chi connectivity index (χ3n) is 5.72. The minimum Gasteiger partial charge on any atom is -0.493 e. The fraction of sp³-hybridized carbons (Fsp3) is 0.409. The van der Waals surface area contributed by atoms with Crippen LogP contribution in [0.2, 0.25) is 0 Å². The number of nitrogens with one attached hydrogen (secondary N) is 1. The third kappa shape index (κ3) is 4.27. The number of benzene rings is 1. The number of aromatic nitrogens is 1. The number of methoxy groups -OCH3 is 1. The number of hydrogen-bond acceptors (Lipinski definition) is 5. The van der Waals surface area contributed by atoms with Crippen LogP contribution in [-0.2, 0) is 9.53 Å². The Bertz CT molecular complexity index is 1040. The minimum atomic E-state index is -1.15. The highest BCUT2D eigenvalue weighted by molar-refractivity contribution is 5.97. The molecule has 2 aromatic rings. The summed E-state index contributed by atoms with van der Waals surface area (Å²) in [5.41, 5.74) is -0.615. The predicted molar refractivity (Wildman–Crippen MR) is 107 cm³/mol. The summed E-state index contributed by atoms with van der Waals surface area (Å²) in [5, 5.41) is 2.54. The second-order valence-corrected chi connectivity index (χ2v) is 8.05. The molecule has 0 spiro atoms. The van der Waals surface area contributed by atoms with E-state index >= 15 is 0 Å². The molecule has 1 aliphatic rings. The number of ketones is 1. The standard InChI is InChI=1S/C22H23F3N2O4/c1-10-17(13-6-7-14(23)18(25)19(13)30-5)20(31-22(10,3)4)21(29)26-12-8-15(11(2)28)27-16(24)9-12/h6-10,17,20H,1-5H3,(H,26,27,29)/t10-,17-,20+/m0/s1. The molecule has 1 saturated heterocycles. The van der Waals surface area contributed by atoms with Gasteiger partial charge in [-0.3, -0.25) is 9.59 Å². The fourth-order valence-corrected chi connectivity index (χ4v) is 3.83. The first kappa shape index (κ1) is 22.7. The summed E-state index contributed by atoms with van der Waals surface area (Å²) in [4.78, 5) is 28.1. The number of carbonyl (C=O) groups is 2. The number of halogens is 3. The van der Waals surface area contributed by atoms with Crippen molar-refractivity contribution in [1.82, 2.24) is 4.98 Å². The third-order valence-corrected chi connectivity index (χ3v) is 5.72. The Labute approximate surface area is 177 Å². The molecule has 0 saturated carbocycles. The maximum atomic E-state index is 14.4. The van der Waals surface area contributed by atoms with Crippen molar-refractivity contribution in [1.29, 1.82) is 0 Å². The van der Waals surface area contributed by atoms with Gasteiger partial charge in [-0.25, -0.2) is 9.37 Å². The summed E-state index contributed by atoms with van der Waals surface area (Å²) in [7, 11) is 1.21. The monoisotopic (exact) mass is 436 g/mol. The zero-order valence-corrected chi connectivity index (χ0v) is 17.8. The van der Waals surface area contributed by atoms with Crippen LogP contribution in [-0.4, -0.2) is 35.5 Å². The summed E-state index contributed by atoms with van der Waals surface area (Å²) < 4.78 is 52.9. The minimum absolute atomic E-state index is 0.0275. The second-order valence-electron chi connectivity index (χ2n) is 8.05. The van der Waals surface area contributed by atoms with Crippen LogP contribution < -0.4 is 10.1 Å². The van der Waals surface area contributed by atoms with E-state index in [9.17, 15) is 22.8 Å². The molecule has 1 aliphatic heterocycles. The average Bonchev–Trinajstić information content (AvgIpc) is 2.93. The van der Waals surface area contributed by atoms with E-state index in [1.165, 1.54) is 26.2 Å². The van der Waals surface area contributed by atoms with Crippen LogP contribution in [0.3, 0.4) is 0 Å². The Morgan fingerprint density at radius 2 is 1.87 bits per heavy atom. The lowest BCUT2D eigenvalue weighted by molar-refractivity contribution is -0.131. The number of ether oxygens (including phenoxy) is 2. The van der Waals surface area contributed by atoms with Gasteiger partial charge in [-0.2, -0.15) is 8.78 Å². The van der Waals surface area contributed by atoms with Crippen molar-refractivity contribution in [2.45, 2.75) is 45.3 Å². The highest BCUT2D eigenvalue weighted by atomic mass is 19.2. The number of pyridine rings is 1. The van der Waals surface area contributed by atoms with Crippen LogP contribution in [0.15, 0.2) is 24.3 Å². The molecule has 1 N–H and O–H groups in total. The number of amides is 1. The fourth-order valence-electron chi connectivity index (χ4n) is 3.83. The van der Waals surface area contributed by atoms with Gasteiger partial charge in [-0.15, -0.1) is 0 Å². The van der Waals surface area contributed by atoms with Gasteiger partial charge < -0.3 is 14.8 Å². The summed E-state index contributed by atoms with van der Waals surface area (Å²) >= 11 is 0. The van der Waals surface area contributed by atoms with E-state index in [1.54, 1.807) is 13.8 Å². The van der Waals surface area contributed by atoms with Gasteiger partial charge in [0.1, 0.15) is 11.8 Å². The molecule has 166 valence electrons. The van der Waals surface area contributed by atoms with E-state index in [-0.39, 0.29) is 28.6 Å². The lowest BCUT2D eigenvalue weighted by Gasteiger charge is -2.25. The Kier molecular flexibility index (Phi) is 6.09. The van der Waals surface area contributed by atoms with Gasteiger partial charge in [0.25, 0.3) is 5.91 Å². The summed E-state index contributed by atoms with van der Waals surface area (Å²) in [5.74, 6) is -5.52. The molecule has 1 aromatic heterocycles. The maximum Gasteiger partial charge on any atom is 0.254 e. The largest absolute Gasteiger partial charge is 0.493 e. The highest BCUT2D eigenvalue weighted by Gasteiger charge is 2.51. The number of carbonyl (C=O) groups excluding carboxylic acids is 2. The molecule has 3 atom stereocenters. The van der Waals surface area contributed by atoms with E-state index < -0.39 is 46.9 Å². The van der Waals surface area contributed by atoms with Gasteiger partial charge in [0.2, 0.25) is 11.8 Å². The van der Waals surface area contributed by atoms with Gasteiger partial charge in [-0.05, 0) is 31.9 Å². The molecule has 2 heterocycles. The molecular formula is C22H23F3N2O4. The maximum absolute atomic E-state index is 14.4. The number of rotatable bonds is 5. The van der Waals surface area contributed by atoms with Crippen molar-refractivity contribution in [3.05, 3.63) is 53.1 Å². The smallest absolute Gasteiger partial charge is 0.254 e. The Hall–Kier alpha value is -2.94. The Morgan fingerprint density at radius 3 is 2.48 bits per heavy atom. The lowest BCUT2D eigenvalue weighted by Crippen LogP contribution is -2.33. The lowest BCUT2D eigenvalue weighted by atomic mass is 9.78. The van der Waals surface area contributed by atoms with E-state index in [0.29, 0.717) is 0 Å². The van der Waals surface area contributed by atoms with Crippen molar-refractivity contribution in [3.8, 4) is 5.75 Å². The molecule has 9 heteroatoms. The zero-order valence-electron chi connectivity index (χ0n) is 17.8. The Morgan fingerprint density at radius 1 is 1.19 bits per heavy atom. The zero-order chi connectivity index (χ0) is 23.1. The van der Waals surface area contributed by atoms with Crippen molar-refractivity contribution in [2.75, 3.05) is 12.4 Å². The highest BCUT2D eigenvalue weighted by Crippen LogP contribution is 2.49. The average molecular weight is 436 g/mol. The van der Waals surface area contributed by atoms with Crippen molar-refractivity contribution in [2.24, 2.45) is 5.92 Å². The molecule has 1 amide bonds. The normalized spacial score (nSPS) is 22.3. The van der Waals surface area contributed by atoms with Crippen molar-refractivity contribution >= 4 is 17.4 Å². The van der Waals surface area contributed by atoms with E-state index in [4.69, 9.17) is 9.47 Å². The molecule has 0 aliphatic carbocycles.